The highest BCUT2D eigenvalue weighted by Crippen LogP contribution is 2.28. The van der Waals surface area contributed by atoms with Gasteiger partial charge in [-0.1, -0.05) is 11.6 Å². The minimum Gasteiger partial charge on any atom is -0.492 e. The van der Waals surface area contributed by atoms with Gasteiger partial charge < -0.3 is 15.0 Å². The second-order valence-corrected chi connectivity index (χ2v) is 6.55. The van der Waals surface area contributed by atoms with Gasteiger partial charge in [0.2, 0.25) is 0 Å². The molecular weight excluding hydrogens is 314 g/mol. The summed E-state index contributed by atoms with van der Waals surface area (Å²) in [4.78, 5) is 16.8. The predicted octanol–water partition coefficient (Wildman–Crippen LogP) is 3.44. The number of nitrogens with zero attached hydrogens (tertiary/aromatic N) is 2. The van der Waals surface area contributed by atoms with Crippen LogP contribution in [-0.4, -0.2) is 54.7 Å². The van der Waals surface area contributed by atoms with E-state index in [-0.39, 0.29) is 6.03 Å². The molecule has 0 spiro atoms. The minimum atomic E-state index is -0.0491. The lowest BCUT2D eigenvalue weighted by Crippen LogP contribution is -2.38. The van der Waals surface area contributed by atoms with Gasteiger partial charge in [0.15, 0.2) is 0 Å². The molecule has 0 aliphatic carbocycles. The van der Waals surface area contributed by atoms with Gasteiger partial charge in [-0.2, -0.15) is 0 Å². The fourth-order valence-electron chi connectivity index (χ4n) is 3.38. The number of carbonyl (C=O) groups is 1. The monoisotopic (exact) mass is 337 g/mol. The van der Waals surface area contributed by atoms with Crippen molar-refractivity contribution in [3.63, 3.8) is 0 Å². The summed E-state index contributed by atoms with van der Waals surface area (Å²) in [5.41, 5.74) is 0.702. The zero-order valence-electron chi connectivity index (χ0n) is 13.6. The topological polar surface area (TPSA) is 44.8 Å². The number of nitrogens with one attached hydrogen (secondary N) is 1. The van der Waals surface area contributed by atoms with Crippen molar-refractivity contribution in [2.45, 2.75) is 32.2 Å². The molecule has 5 nitrogen and oxygen atoms in total. The first-order valence-electron chi connectivity index (χ1n) is 8.39. The molecule has 2 fully saturated rings. The second-order valence-electron chi connectivity index (χ2n) is 6.14. The molecule has 1 N–H and O–H groups in total. The lowest BCUT2D eigenvalue weighted by molar-refractivity contribution is 0.210. The van der Waals surface area contributed by atoms with Crippen LogP contribution in [0.15, 0.2) is 18.2 Å². The van der Waals surface area contributed by atoms with Crippen LogP contribution in [0.5, 0.6) is 5.75 Å². The summed E-state index contributed by atoms with van der Waals surface area (Å²) in [7, 11) is 0. The van der Waals surface area contributed by atoms with Crippen LogP contribution in [-0.2, 0) is 0 Å². The quantitative estimate of drug-likeness (QED) is 0.915. The number of anilines is 1. The summed E-state index contributed by atoms with van der Waals surface area (Å²) >= 11 is 6.16. The summed E-state index contributed by atoms with van der Waals surface area (Å²) in [6, 6.07) is 5.82. The van der Waals surface area contributed by atoms with Crippen LogP contribution in [0.1, 0.15) is 26.2 Å². The predicted molar refractivity (Wildman–Crippen MR) is 92.4 cm³/mol. The van der Waals surface area contributed by atoms with Crippen LogP contribution in [0.2, 0.25) is 5.02 Å². The van der Waals surface area contributed by atoms with E-state index in [1.165, 1.54) is 25.9 Å². The molecular formula is C17H24ClN3O2. The molecule has 1 unspecified atom stereocenters. The Morgan fingerprint density at radius 3 is 2.83 bits per heavy atom. The number of carbonyl (C=O) groups excluding carboxylic acids is 1. The highest BCUT2D eigenvalue weighted by Gasteiger charge is 2.31. The average Bonchev–Trinajstić information content (AvgIpc) is 3.20. The van der Waals surface area contributed by atoms with Crippen molar-refractivity contribution >= 4 is 23.3 Å². The first kappa shape index (κ1) is 16.4. The maximum absolute atomic E-state index is 12.4. The first-order valence-corrected chi connectivity index (χ1v) is 8.77. The number of urea groups is 1. The van der Waals surface area contributed by atoms with Crippen LogP contribution >= 0.6 is 11.6 Å². The minimum absolute atomic E-state index is 0.0491. The Balaban J connectivity index is 1.56. The smallest absolute Gasteiger partial charge is 0.321 e. The lowest BCUT2D eigenvalue weighted by Gasteiger charge is -2.23. The molecule has 1 atom stereocenters. The van der Waals surface area contributed by atoms with E-state index in [0.717, 1.165) is 19.5 Å². The van der Waals surface area contributed by atoms with Crippen molar-refractivity contribution in [3.8, 4) is 5.75 Å². The van der Waals surface area contributed by atoms with Crippen molar-refractivity contribution in [1.29, 1.82) is 0 Å². The van der Waals surface area contributed by atoms with E-state index < -0.39 is 0 Å². The molecule has 2 heterocycles. The number of hydrogen-bond acceptors (Lipinski definition) is 3. The van der Waals surface area contributed by atoms with Crippen LogP contribution < -0.4 is 10.1 Å². The number of rotatable bonds is 4. The molecule has 0 saturated carbocycles. The van der Waals surface area contributed by atoms with Gasteiger partial charge in [0.1, 0.15) is 5.75 Å². The Hall–Kier alpha value is -1.46. The van der Waals surface area contributed by atoms with E-state index >= 15 is 0 Å². The third-order valence-corrected chi connectivity index (χ3v) is 4.89. The second kappa shape index (κ2) is 7.41. The van der Waals surface area contributed by atoms with Crippen molar-refractivity contribution < 1.29 is 9.53 Å². The molecule has 2 aliphatic rings. The molecule has 23 heavy (non-hydrogen) atoms. The summed E-state index contributed by atoms with van der Waals surface area (Å²) in [6.45, 7) is 6.46. The van der Waals surface area contributed by atoms with Gasteiger partial charge in [-0.25, -0.2) is 4.79 Å². The summed E-state index contributed by atoms with van der Waals surface area (Å²) in [5, 5.41) is 3.45. The number of ether oxygens (including phenoxy) is 1. The van der Waals surface area contributed by atoms with E-state index in [2.05, 4.69) is 10.2 Å². The van der Waals surface area contributed by atoms with Gasteiger partial charge >= 0.3 is 6.03 Å². The maximum Gasteiger partial charge on any atom is 0.321 e. The molecule has 2 aliphatic heterocycles. The van der Waals surface area contributed by atoms with Gasteiger partial charge in [-0.05, 0) is 57.5 Å². The zero-order valence-corrected chi connectivity index (χ0v) is 14.3. The number of hydrogen-bond donors (Lipinski definition) is 1. The maximum atomic E-state index is 12.4. The van der Waals surface area contributed by atoms with Gasteiger partial charge in [0.25, 0.3) is 0 Å². The van der Waals surface area contributed by atoms with E-state index in [9.17, 15) is 4.79 Å². The molecule has 2 amide bonds. The number of halogens is 1. The fourth-order valence-corrected chi connectivity index (χ4v) is 3.62. The van der Waals surface area contributed by atoms with E-state index in [1.54, 1.807) is 12.1 Å². The summed E-state index contributed by atoms with van der Waals surface area (Å²) < 4.78 is 5.41. The van der Waals surface area contributed by atoms with Crippen LogP contribution in [0.25, 0.3) is 0 Å². The molecule has 6 heteroatoms. The Morgan fingerprint density at radius 2 is 2.13 bits per heavy atom. The first-order chi connectivity index (χ1) is 11.2. The lowest BCUT2D eigenvalue weighted by atomic mass is 10.2. The summed E-state index contributed by atoms with van der Waals surface area (Å²) in [5.74, 6) is 0.641. The van der Waals surface area contributed by atoms with E-state index in [0.29, 0.717) is 29.1 Å². The van der Waals surface area contributed by atoms with Crippen molar-refractivity contribution in [3.05, 3.63) is 23.2 Å². The third kappa shape index (κ3) is 3.90. The Labute approximate surface area is 142 Å². The van der Waals surface area contributed by atoms with Gasteiger partial charge in [-0.15, -0.1) is 0 Å². The van der Waals surface area contributed by atoms with Crippen LogP contribution in [0.3, 0.4) is 0 Å². The number of likely N-dealkylation sites (tertiary alicyclic amines) is 2. The largest absolute Gasteiger partial charge is 0.492 e. The Kier molecular flexibility index (Phi) is 5.28. The number of benzene rings is 1. The Bertz CT molecular complexity index is 561. The number of amides is 2. The van der Waals surface area contributed by atoms with Crippen molar-refractivity contribution in [2.24, 2.45) is 0 Å². The van der Waals surface area contributed by atoms with Gasteiger partial charge in [-0.3, -0.25) is 4.90 Å². The SMILES string of the molecule is CCOc1ccc(NC(=O)N2CCC(N3CCCC3)C2)cc1Cl. The molecule has 3 rings (SSSR count). The van der Waals surface area contributed by atoms with E-state index in [4.69, 9.17) is 16.3 Å². The van der Waals surface area contributed by atoms with Gasteiger partial charge in [0, 0.05) is 24.8 Å². The molecule has 1 aromatic rings. The molecule has 2 saturated heterocycles. The molecule has 0 bridgehead atoms. The average molecular weight is 338 g/mol. The normalized spacial score (nSPS) is 21.7. The van der Waals surface area contributed by atoms with Crippen molar-refractivity contribution in [1.82, 2.24) is 9.80 Å². The zero-order chi connectivity index (χ0) is 16.2. The highest BCUT2D eigenvalue weighted by molar-refractivity contribution is 6.32. The fraction of sp³-hybridized carbons (Fsp3) is 0.588. The van der Waals surface area contributed by atoms with Crippen molar-refractivity contribution in [2.75, 3.05) is 38.1 Å². The third-order valence-electron chi connectivity index (χ3n) is 4.59. The summed E-state index contributed by atoms with van der Waals surface area (Å²) in [6.07, 6.45) is 3.64. The molecule has 0 aromatic heterocycles. The van der Waals surface area contributed by atoms with E-state index in [1.807, 2.05) is 17.9 Å². The van der Waals surface area contributed by atoms with Crippen LogP contribution in [0, 0.1) is 0 Å². The standard InChI is InChI=1S/C17H24ClN3O2/c1-2-23-16-6-5-13(11-15(16)18)19-17(22)21-10-7-14(12-21)20-8-3-4-9-20/h5-6,11,14H,2-4,7-10,12H2,1H3,(H,19,22). The molecule has 0 radical (unpaired) electrons. The van der Waals surface area contributed by atoms with Gasteiger partial charge in [0.05, 0.1) is 11.6 Å². The Morgan fingerprint density at radius 1 is 1.35 bits per heavy atom. The molecule has 1 aromatic carbocycles. The molecule has 126 valence electrons. The highest BCUT2D eigenvalue weighted by atomic mass is 35.5. The van der Waals surface area contributed by atoms with Crippen LogP contribution in [0.4, 0.5) is 10.5 Å².